The number of carbonyl (C=O) groups excluding carboxylic acids is 1. The van der Waals surface area contributed by atoms with Gasteiger partial charge in [-0.1, -0.05) is 30.3 Å². The molecule has 0 aliphatic rings. The standard InChI is InChI=1S/C14H23N3O3S/c1-11(2)17-21(19,20)9-8-16-14(18)10-13(15)12-6-4-3-5-7-12/h3-7,11,13,17H,8-10,15H2,1-2H3,(H,16,18). The summed E-state index contributed by atoms with van der Waals surface area (Å²) in [5, 5.41) is 2.57. The zero-order valence-corrected chi connectivity index (χ0v) is 13.2. The van der Waals surface area contributed by atoms with Gasteiger partial charge in [-0.3, -0.25) is 4.79 Å². The van der Waals surface area contributed by atoms with Crippen molar-refractivity contribution in [3.8, 4) is 0 Å². The van der Waals surface area contributed by atoms with Gasteiger partial charge >= 0.3 is 0 Å². The lowest BCUT2D eigenvalue weighted by Crippen LogP contribution is -2.37. The molecule has 0 aliphatic carbocycles. The van der Waals surface area contributed by atoms with Crippen molar-refractivity contribution in [2.75, 3.05) is 12.3 Å². The van der Waals surface area contributed by atoms with Crippen LogP contribution in [-0.2, 0) is 14.8 Å². The minimum Gasteiger partial charge on any atom is -0.355 e. The van der Waals surface area contributed by atoms with E-state index in [2.05, 4.69) is 10.0 Å². The van der Waals surface area contributed by atoms with Gasteiger partial charge < -0.3 is 11.1 Å². The minimum absolute atomic E-state index is 0.0718. The van der Waals surface area contributed by atoms with Gasteiger partial charge in [0.25, 0.3) is 0 Å². The number of sulfonamides is 1. The molecule has 1 aromatic rings. The molecule has 6 nitrogen and oxygen atoms in total. The predicted molar refractivity (Wildman–Crippen MR) is 83.1 cm³/mol. The molecule has 1 atom stereocenters. The van der Waals surface area contributed by atoms with E-state index in [-0.39, 0.29) is 30.7 Å². The Morgan fingerprint density at radius 2 is 1.86 bits per heavy atom. The summed E-state index contributed by atoms with van der Waals surface area (Å²) in [5.41, 5.74) is 6.80. The van der Waals surface area contributed by atoms with E-state index in [0.29, 0.717) is 0 Å². The highest BCUT2D eigenvalue weighted by Gasteiger charge is 2.14. The van der Waals surface area contributed by atoms with Crippen molar-refractivity contribution in [3.63, 3.8) is 0 Å². The van der Waals surface area contributed by atoms with E-state index in [1.807, 2.05) is 30.3 Å². The molecule has 1 aromatic carbocycles. The van der Waals surface area contributed by atoms with Crippen LogP contribution in [0.1, 0.15) is 31.9 Å². The van der Waals surface area contributed by atoms with Crippen LogP contribution in [0.2, 0.25) is 0 Å². The van der Waals surface area contributed by atoms with Gasteiger partial charge in [-0.2, -0.15) is 0 Å². The zero-order chi connectivity index (χ0) is 15.9. The third-order valence-corrected chi connectivity index (χ3v) is 4.31. The van der Waals surface area contributed by atoms with Crippen LogP contribution in [0.5, 0.6) is 0 Å². The Bertz CT molecular complexity index is 544. The number of amides is 1. The fourth-order valence-electron chi connectivity index (χ4n) is 1.83. The summed E-state index contributed by atoms with van der Waals surface area (Å²) >= 11 is 0. The first-order valence-electron chi connectivity index (χ1n) is 6.87. The molecule has 118 valence electrons. The van der Waals surface area contributed by atoms with E-state index in [4.69, 9.17) is 5.73 Å². The van der Waals surface area contributed by atoms with Crippen LogP contribution >= 0.6 is 0 Å². The Balaban J connectivity index is 2.35. The molecule has 0 spiro atoms. The lowest BCUT2D eigenvalue weighted by atomic mass is 10.0. The Kier molecular flexibility index (Phi) is 6.80. The Morgan fingerprint density at radius 3 is 2.43 bits per heavy atom. The van der Waals surface area contributed by atoms with Crippen molar-refractivity contribution >= 4 is 15.9 Å². The van der Waals surface area contributed by atoms with Crippen molar-refractivity contribution in [2.45, 2.75) is 32.4 Å². The van der Waals surface area contributed by atoms with Gasteiger partial charge in [-0.05, 0) is 19.4 Å². The molecule has 0 radical (unpaired) electrons. The lowest BCUT2D eigenvalue weighted by molar-refractivity contribution is -0.121. The molecule has 21 heavy (non-hydrogen) atoms. The first kappa shape index (κ1) is 17.6. The van der Waals surface area contributed by atoms with Gasteiger partial charge in [-0.25, -0.2) is 13.1 Å². The quantitative estimate of drug-likeness (QED) is 0.651. The van der Waals surface area contributed by atoms with Crippen molar-refractivity contribution in [2.24, 2.45) is 5.73 Å². The summed E-state index contributed by atoms with van der Waals surface area (Å²) in [6, 6.07) is 8.76. The molecule has 1 rings (SSSR count). The summed E-state index contributed by atoms with van der Waals surface area (Å²) in [7, 11) is -3.35. The highest BCUT2D eigenvalue weighted by molar-refractivity contribution is 7.89. The molecule has 1 amide bonds. The molecule has 0 bridgehead atoms. The van der Waals surface area contributed by atoms with Crippen molar-refractivity contribution in [3.05, 3.63) is 35.9 Å². The predicted octanol–water partition coefficient (Wildman–Crippen LogP) is 0.521. The third-order valence-electron chi connectivity index (χ3n) is 2.74. The van der Waals surface area contributed by atoms with Crippen LogP contribution in [0.4, 0.5) is 0 Å². The van der Waals surface area contributed by atoms with Gasteiger partial charge in [0.2, 0.25) is 15.9 Å². The maximum absolute atomic E-state index is 11.7. The van der Waals surface area contributed by atoms with Crippen LogP contribution in [0.25, 0.3) is 0 Å². The second-order valence-electron chi connectivity index (χ2n) is 5.16. The van der Waals surface area contributed by atoms with Crippen LogP contribution in [0.3, 0.4) is 0 Å². The number of hydrogen-bond donors (Lipinski definition) is 3. The highest BCUT2D eigenvalue weighted by atomic mass is 32.2. The van der Waals surface area contributed by atoms with E-state index in [0.717, 1.165) is 5.56 Å². The summed E-state index contributed by atoms with van der Waals surface area (Å²) in [6.45, 7) is 3.56. The Labute approximate surface area is 126 Å². The topological polar surface area (TPSA) is 101 Å². The fraction of sp³-hybridized carbons (Fsp3) is 0.500. The first-order chi connectivity index (χ1) is 9.80. The Morgan fingerprint density at radius 1 is 1.24 bits per heavy atom. The smallest absolute Gasteiger partial charge is 0.221 e. The number of rotatable bonds is 8. The lowest BCUT2D eigenvalue weighted by Gasteiger charge is -2.13. The summed E-state index contributed by atoms with van der Waals surface area (Å²) < 4.78 is 25.6. The van der Waals surface area contributed by atoms with Gasteiger partial charge in [0.1, 0.15) is 0 Å². The number of benzene rings is 1. The number of carbonyl (C=O) groups is 1. The van der Waals surface area contributed by atoms with Crippen LogP contribution < -0.4 is 15.8 Å². The number of nitrogens with one attached hydrogen (secondary N) is 2. The van der Waals surface area contributed by atoms with E-state index in [1.165, 1.54) is 0 Å². The molecule has 0 saturated carbocycles. The number of nitrogens with two attached hydrogens (primary N) is 1. The molecule has 0 fully saturated rings. The molecular formula is C14H23N3O3S. The second-order valence-corrected chi connectivity index (χ2v) is 7.04. The fourth-order valence-corrected chi connectivity index (χ4v) is 3.04. The molecule has 0 saturated heterocycles. The average molecular weight is 313 g/mol. The first-order valence-corrected chi connectivity index (χ1v) is 8.52. The normalized spacial score (nSPS) is 13.1. The molecule has 0 aliphatic heterocycles. The van der Waals surface area contributed by atoms with Gasteiger partial charge in [0.05, 0.1) is 5.75 Å². The third kappa shape index (κ3) is 7.22. The average Bonchev–Trinajstić information content (AvgIpc) is 2.37. The summed E-state index contributed by atoms with van der Waals surface area (Å²) in [5.74, 6) is -0.400. The van der Waals surface area contributed by atoms with E-state index >= 15 is 0 Å². The minimum atomic E-state index is -3.35. The van der Waals surface area contributed by atoms with Gasteiger partial charge in [0.15, 0.2) is 0 Å². The largest absolute Gasteiger partial charge is 0.355 e. The van der Waals surface area contributed by atoms with Crippen molar-refractivity contribution < 1.29 is 13.2 Å². The number of hydrogen-bond acceptors (Lipinski definition) is 4. The van der Waals surface area contributed by atoms with Gasteiger partial charge in [-0.15, -0.1) is 0 Å². The summed E-state index contributed by atoms with van der Waals surface area (Å²) in [4.78, 5) is 11.7. The Hall–Kier alpha value is -1.44. The monoisotopic (exact) mass is 313 g/mol. The van der Waals surface area contributed by atoms with Crippen molar-refractivity contribution in [1.29, 1.82) is 0 Å². The maximum atomic E-state index is 11.7. The molecule has 1 unspecified atom stereocenters. The van der Waals surface area contributed by atoms with Crippen LogP contribution in [0.15, 0.2) is 30.3 Å². The van der Waals surface area contributed by atoms with E-state index < -0.39 is 16.1 Å². The highest BCUT2D eigenvalue weighted by Crippen LogP contribution is 2.12. The SMILES string of the molecule is CC(C)NS(=O)(=O)CCNC(=O)CC(N)c1ccccc1. The van der Waals surface area contributed by atoms with Crippen LogP contribution in [-0.4, -0.2) is 32.7 Å². The zero-order valence-electron chi connectivity index (χ0n) is 12.4. The van der Waals surface area contributed by atoms with Crippen LogP contribution in [0, 0.1) is 0 Å². The molecule has 4 N–H and O–H groups in total. The second kappa shape index (κ2) is 8.11. The molecule has 0 aromatic heterocycles. The molecular weight excluding hydrogens is 290 g/mol. The summed E-state index contributed by atoms with van der Waals surface area (Å²) in [6.07, 6.45) is 0.127. The van der Waals surface area contributed by atoms with Gasteiger partial charge in [0, 0.05) is 25.0 Å². The molecule has 7 heteroatoms. The van der Waals surface area contributed by atoms with E-state index in [9.17, 15) is 13.2 Å². The van der Waals surface area contributed by atoms with E-state index in [1.54, 1.807) is 13.8 Å². The van der Waals surface area contributed by atoms with Crippen molar-refractivity contribution in [1.82, 2.24) is 10.0 Å². The maximum Gasteiger partial charge on any atom is 0.221 e. The molecule has 0 heterocycles.